The van der Waals surface area contributed by atoms with E-state index in [0.29, 0.717) is 34.6 Å². The van der Waals surface area contributed by atoms with E-state index in [-0.39, 0.29) is 17.0 Å². The van der Waals surface area contributed by atoms with Crippen molar-refractivity contribution in [3.8, 4) is 22.3 Å². The van der Waals surface area contributed by atoms with E-state index in [1.165, 1.54) is 0 Å². The molecule has 4 heteroatoms. The van der Waals surface area contributed by atoms with Crippen LogP contribution in [-0.2, 0) is 6.42 Å². The maximum Gasteiger partial charge on any atom is 0.166 e. The molecule has 4 rings (SSSR count). The number of unbranched alkanes of at least 4 members (excludes halogenated alkanes) is 1. The molecule has 35 heavy (non-hydrogen) atoms. The first-order valence-corrected chi connectivity index (χ1v) is 12.6. The van der Waals surface area contributed by atoms with Crippen LogP contribution < -0.4 is 0 Å². The summed E-state index contributed by atoms with van der Waals surface area (Å²) in [5.74, 6) is -2.78. The quantitative estimate of drug-likeness (QED) is 0.233. The van der Waals surface area contributed by atoms with E-state index in [4.69, 9.17) is 0 Å². The minimum Gasteiger partial charge on any atom is -0.203 e. The number of hydrogen-bond acceptors (Lipinski definition) is 0. The predicted octanol–water partition coefficient (Wildman–Crippen LogP) is 9.77. The molecule has 1 saturated carbocycles. The normalized spacial score (nSPS) is 18.3. The van der Waals surface area contributed by atoms with Crippen molar-refractivity contribution in [2.24, 2.45) is 5.92 Å². The molecule has 0 aromatic heterocycles. The second kappa shape index (κ2) is 11.2. The molecule has 0 aliphatic heterocycles. The number of aryl methyl sites for hydroxylation is 1. The van der Waals surface area contributed by atoms with Crippen LogP contribution in [0.15, 0.2) is 60.7 Å². The highest BCUT2D eigenvalue weighted by atomic mass is 19.2. The molecule has 0 atom stereocenters. The van der Waals surface area contributed by atoms with Crippen molar-refractivity contribution in [3.05, 3.63) is 95.1 Å². The van der Waals surface area contributed by atoms with E-state index in [1.54, 1.807) is 48.5 Å². The van der Waals surface area contributed by atoms with Crippen LogP contribution >= 0.6 is 0 Å². The molecule has 1 aliphatic rings. The summed E-state index contributed by atoms with van der Waals surface area (Å²) in [4.78, 5) is 0. The van der Waals surface area contributed by atoms with Gasteiger partial charge in [-0.3, -0.25) is 0 Å². The van der Waals surface area contributed by atoms with Gasteiger partial charge in [0, 0.05) is 11.1 Å². The van der Waals surface area contributed by atoms with Crippen LogP contribution in [0.1, 0.15) is 69.4 Å². The van der Waals surface area contributed by atoms with Crippen molar-refractivity contribution in [1.82, 2.24) is 0 Å². The molecule has 0 saturated heterocycles. The van der Waals surface area contributed by atoms with Gasteiger partial charge in [-0.05, 0) is 79.5 Å². The number of halogens is 4. The number of benzene rings is 3. The Bertz CT molecular complexity index is 1190. The summed E-state index contributed by atoms with van der Waals surface area (Å²) in [7, 11) is 0. The Balaban J connectivity index is 1.55. The molecule has 0 nitrogen and oxygen atoms in total. The molecule has 3 aromatic rings. The smallest absolute Gasteiger partial charge is 0.166 e. The topological polar surface area (TPSA) is 0 Å². The van der Waals surface area contributed by atoms with Crippen LogP contribution in [0, 0.1) is 29.2 Å². The van der Waals surface area contributed by atoms with Crippen LogP contribution in [0.4, 0.5) is 17.6 Å². The molecule has 1 fully saturated rings. The van der Waals surface area contributed by atoms with Gasteiger partial charge in [0.05, 0.1) is 0 Å². The third-order valence-electron chi connectivity index (χ3n) is 7.26. The van der Waals surface area contributed by atoms with E-state index < -0.39 is 23.3 Å². The lowest BCUT2D eigenvalue weighted by Gasteiger charge is -2.27. The van der Waals surface area contributed by atoms with Crippen molar-refractivity contribution < 1.29 is 17.6 Å². The maximum absolute atomic E-state index is 15.1. The maximum atomic E-state index is 15.1. The Morgan fingerprint density at radius 2 is 1.29 bits per heavy atom. The fourth-order valence-electron chi connectivity index (χ4n) is 5.20. The van der Waals surface area contributed by atoms with Gasteiger partial charge in [-0.2, -0.15) is 0 Å². The van der Waals surface area contributed by atoms with Gasteiger partial charge >= 0.3 is 0 Å². The highest BCUT2D eigenvalue weighted by molar-refractivity contribution is 5.71. The zero-order chi connectivity index (χ0) is 24.9. The summed E-state index contributed by atoms with van der Waals surface area (Å²) in [6.45, 7) is 4.01. The van der Waals surface area contributed by atoms with Crippen molar-refractivity contribution >= 4 is 0 Å². The molecule has 0 amide bonds. The van der Waals surface area contributed by atoms with Gasteiger partial charge < -0.3 is 0 Å². The zero-order valence-electron chi connectivity index (χ0n) is 20.4. The van der Waals surface area contributed by atoms with Crippen LogP contribution in [0.3, 0.4) is 0 Å². The Morgan fingerprint density at radius 3 is 1.86 bits per heavy atom. The Kier molecular flexibility index (Phi) is 8.10. The molecule has 184 valence electrons. The first-order valence-electron chi connectivity index (χ1n) is 12.6. The molecule has 3 aromatic carbocycles. The fraction of sp³-hybridized carbons (Fsp3) is 0.355. The van der Waals surface area contributed by atoms with E-state index in [0.717, 1.165) is 38.5 Å². The van der Waals surface area contributed by atoms with Crippen LogP contribution in [0.5, 0.6) is 0 Å². The third kappa shape index (κ3) is 5.37. The lowest BCUT2D eigenvalue weighted by atomic mass is 9.78. The Hall–Kier alpha value is -2.88. The van der Waals surface area contributed by atoms with Gasteiger partial charge in [-0.15, -0.1) is 0 Å². The van der Waals surface area contributed by atoms with E-state index in [1.807, 2.05) is 13.8 Å². The van der Waals surface area contributed by atoms with Crippen LogP contribution in [-0.4, -0.2) is 0 Å². The minimum absolute atomic E-state index is 0.0283. The first-order chi connectivity index (χ1) is 16.9. The molecule has 0 heterocycles. The van der Waals surface area contributed by atoms with Crippen molar-refractivity contribution in [2.45, 2.75) is 64.7 Å². The minimum atomic E-state index is -0.878. The van der Waals surface area contributed by atoms with Crippen LogP contribution in [0.25, 0.3) is 22.3 Å². The SMILES string of the molecule is CC=CC1CCC(c2ccc(-c3ccc(-c4ccc(CCCC)c(F)c4F)cc3)c(F)c2F)CC1. The highest BCUT2D eigenvalue weighted by Crippen LogP contribution is 2.39. The van der Waals surface area contributed by atoms with Gasteiger partial charge in [0.15, 0.2) is 23.3 Å². The average Bonchev–Trinajstić information content (AvgIpc) is 2.88. The van der Waals surface area contributed by atoms with E-state index >= 15 is 8.78 Å². The van der Waals surface area contributed by atoms with E-state index in [9.17, 15) is 8.78 Å². The standard InChI is InChI=1S/C31H32F4/c1-3-5-7-24-16-17-25(29(33)28(24)32)22-12-14-23(15-13-22)27-19-18-26(30(34)31(27)35)21-10-8-20(6-4-2)9-11-21/h4,6,12-21H,3,5,7-11H2,1-2H3. The summed E-state index contributed by atoms with van der Waals surface area (Å²) in [5, 5.41) is 0. The lowest BCUT2D eigenvalue weighted by molar-refractivity contribution is 0.364. The molecule has 0 radical (unpaired) electrons. The summed E-state index contributed by atoms with van der Waals surface area (Å²) in [6.07, 6.45) is 10.1. The second-order valence-corrected chi connectivity index (χ2v) is 9.55. The van der Waals surface area contributed by atoms with E-state index in [2.05, 4.69) is 12.2 Å². The van der Waals surface area contributed by atoms with Crippen molar-refractivity contribution in [2.75, 3.05) is 0 Å². The van der Waals surface area contributed by atoms with Gasteiger partial charge in [0.1, 0.15) is 0 Å². The number of hydrogen-bond donors (Lipinski definition) is 0. The molecule has 0 spiro atoms. The summed E-state index contributed by atoms with van der Waals surface area (Å²) in [6, 6.07) is 13.0. The second-order valence-electron chi connectivity index (χ2n) is 9.55. The molecular weight excluding hydrogens is 448 g/mol. The van der Waals surface area contributed by atoms with Crippen molar-refractivity contribution in [3.63, 3.8) is 0 Å². The Labute approximate surface area is 205 Å². The number of allylic oxidation sites excluding steroid dienone is 2. The lowest BCUT2D eigenvalue weighted by Crippen LogP contribution is -2.13. The van der Waals surface area contributed by atoms with Crippen molar-refractivity contribution in [1.29, 1.82) is 0 Å². The molecule has 0 bridgehead atoms. The third-order valence-corrected chi connectivity index (χ3v) is 7.26. The first kappa shape index (κ1) is 25.2. The fourth-order valence-corrected chi connectivity index (χ4v) is 5.20. The van der Waals surface area contributed by atoms with Gasteiger partial charge in [-0.1, -0.05) is 74.0 Å². The molecule has 0 unspecified atom stereocenters. The molecular formula is C31H32F4. The predicted molar refractivity (Wildman–Crippen MR) is 135 cm³/mol. The summed E-state index contributed by atoms with van der Waals surface area (Å²) < 4.78 is 59.4. The largest absolute Gasteiger partial charge is 0.203 e. The van der Waals surface area contributed by atoms with Gasteiger partial charge in [-0.25, -0.2) is 17.6 Å². The molecule has 0 N–H and O–H groups in total. The van der Waals surface area contributed by atoms with Gasteiger partial charge in [0.2, 0.25) is 0 Å². The number of rotatable bonds is 7. The monoisotopic (exact) mass is 480 g/mol. The zero-order valence-corrected chi connectivity index (χ0v) is 20.4. The van der Waals surface area contributed by atoms with Gasteiger partial charge in [0.25, 0.3) is 0 Å². The molecule has 1 aliphatic carbocycles. The summed E-state index contributed by atoms with van der Waals surface area (Å²) in [5.41, 5.74) is 2.13. The highest BCUT2D eigenvalue weighted by Gasteiger charge is 2.25. The van der Waals surface area contributed by atoms with Crippen LogP contribution in [0.2, 0.25) is 0 Å². The summed E-state index contributed by atoms with van der Waals surface area (Å²) >= 11 is 0. The Morgan fingerprint density at radius 1 is 0.714 bits per heavy atom. The average molecular weight is 481 g/mol.